The second-order valence-electron chi connectivity index (χ2n) is 5.52. The van der Waals surface area contributed by atoms with E-state index in [2.05, 4.69) is 4.74 Å². The van der Waals surface area contributed by atoms with Gasteiger partial charge in [-0.3, -0.25) is 0 Å². The molecule has 0 fully saturated rings. The fraction of sp³-hybridized carbons (Fsp3) is 1.00. The Balaban J connectivity index is 5.54. The zero-order chi connectivity index (χ0) is 21.8. The fourth-order valence-corrected chi connectivity index (χ4v) is 1.91. The van der Waals surface area contributed by atoms with Crippen LogP contribution < -0.4 is 0 Å². The van der Waals surface area contributed by atoms with E-state index in [-0.39, 0.29) is 0 Å². The van der Waals surface area contributed by atoms with Crippen molar-refractivity contribution in [3.8, 4) is 0 Å². The summed E-state index contributed by atoms with van der Waals surface area (Å²) in [5, 5.41) is 0. The molecular formula is C12H12F14O. The number of halogens is 14. The minimum atomic E-state index is -5.45. The molecule has 0 saturated heterocycles. The van der Waals surface area contributed by atoms with E-state index in [0.717, 1.165) is 0 Å². The molecule has 0 rings (SSSR count). The summed E-state index contributed by atoms with van der Waals surface area (Å²) < 4.78 is 178. The first-order chi connectivity index (χ1) is 11.7. The maximum Gasteiger partial charge on any atom is 0.391 e. The van der Waals surface area contributed by atoms with Crippen molar-refractivity contribution in [2.75, 3.05) is 0 Å². The molecule has 0 aromatic carbocycles. The van der Waals surface area contributed by atoms with Gasteiger partial charge in [-0.2, -0.15) is 52.7 Å². The third kappa shape index (κ3) is 13.7. The lowest BCUT2D eigenvalue weighted by molar-refractivity contribution is -0.227. The Morgan fingerprint density at radius 1 is 0.444 bits per heavy atom. The van der Waals surface area contributed by atoms with Crippen molar-refractivity contribution < 1.29 is 66.2 Å². The Morgan fingerprint density at radius 3 is 0.852 bits per heavy atom. The molecule has 0 spiro atoms. The van der Waals surface area contributed by atoms with Gasteiger partial charge in [-0.25, -0.2) is 8.78 Å². The summed E-state index contributed by atoms with van der Waals surface area (Å²) in [5.41, 5.74) is 0. The number of ether oxygens (including phenoxy) is 1. The van der Waals surface area contributed by atoms with Gasteiger partial charge < -0.3 is 4.74 Å². The fourth-order valence-electron chi connectivity index (χ4n) is 1.91. The molecule has 0 heterocycles. The van der Waals surface area contributed by atoms with Crippen molar-refractivity contribution in [3.05, 3.63) is 0 Å². The highest BCUT2D eigenvalue weighted by atomic mass is 19.4. The third-order valence-electron chi connectivity index (χ3n) is 2.87. The lowest BCUT2D eigenvalue weighted by atomic mass is 10.0. The summed E-state index contributed by atoms with van der Waals surface area (Å²) in [4.78, 5) is 0. The zero-order valence-corrected chi connectivity index (χ0v) is 12.8. The van der Waals surface area contributed by atoms with Crippen molar-refractivity contribution in [1.82, 2.24) is 0 Å². The molecule has 0 amide bonds. The number of rotatable bonds is 8. The van der Waals surface area contributed by atoms with Crippen LogP contribution >= 0.6 is 0 Å². The van der Waals surface area contributed by atoms with Crippen LogP contribution in [0.2, 0.25) is 0 Å². The van der Waals surface area contributed by atoms with Gasteiger partial charge in [-0.1, -0.05) is 0 Å². The average molecular weight is 438 g/mol. The standard InChI is InChI=1S/C12H12F14O/c13-5(1-9(15,16)17)7(3-11(21,22)23)27-8(4-12(24,25)26)6(14)2-10(18,19)20/h5-8H,1-4H2. The highest BCUT2D eigenvalue weighted by Crippen LogP contribution is 2.36. The Bertz CT molecular complexity index is 393. The average Bonchev–Trinajstić information content (AvgIpc) is 2.29. The van der Waals surface area contributed by atoms with Crippen LogP contribution in [0.5, 0.6) is 0 Å². The van der Waals surface area contributed by atoms with Crippen LogP contribution in [0.4, 0.5) is 61.5 Å². The van der Waals surface area contributed by atoms with E-state index in [4.69, 9.17) is 0 Å². The van der Waals surface area contributed by atoms with E-state index in [1.807, 2.05) is 0 Å². The molecule has 0 radical (unpaired) electrons. The van der Waals surface area contributed by atoms with E-state index in [1.165, 1.54) is 0 Å². The number of alkyl halides is 14. The monoisotopic (exact) mass is 438 g/mol. The van der Waals surface area contributed by atoms with Crippen LogP contribution in [-0.2, 0) is 4.74 Å². The molecule has 164 valence electrons. The summed E-state index contributed by atoms with van der Waals surface area (Å²) in [5.74, 6) is 0. The van der Waals surface area contributed by atoms with Gasteiger partial charge in [0.2, 0.25) is 0 Å². The van der Waals surface area contributed by atoms with Gasteiger partial charge >= 0.3 is 24.7 Å². The second-order valence-corrected chi connectivity index (χ2v) is 5.52. The summed E-state index contributed by atoms with van der Waals surface area (Å²) in [7, 11) is 0. The smallest absolute Gasteiger partial charge is 0.368 e. The normalized spacial score (nSPS) is 18.9. The van der Waals surface area contributed by atoms with Crippen molar-refractivity contribution in [1.29, 1.82) is 0 Å². The maximum atomic E-state index is 13.5. The molecule has 0 saturated carbocycles. The molecule has 15 heteroatoms. The van der Waals surface area contributed by atoms with Crippen molar-refractivity contribution >= 4 is 0 Å². The Kier molecular flexibility index (Phi) is 8.65. The maximum absolute atomic E-state index is 13.5. The molecule has 0 aliphatic rings. The molecule has 0 bridgehead atoms. The van der Waals surface area contributed by atoms with Crippen LogP contribution in [0, 0.1) is 0 Å². The van der Waals surface area contributed by atoms with E-state index in [0.29, 0.717) is 0 Å². The lowest BCUT2D eigenvalue weighted by Crippen LogP contribution is -2.42. The molecule has 27 heavy (non-hydrogen) atoms. The SMILES string of the molecule is FC(CC(F)(F)F)C(CC(F)(F)F)OC(CC(F)(F)F)C(F)CC(F)(F)F. The lowest BCUT2D eigenvalue weighted by Gasteiger charge is -2.30. The second kappa shape index (κ2) is 8.99. The predicted octanol–water partition coefficient (Wildman–Crippen LogP) is 6.23. The summed E-state index contributed by atoms with van der Waals surface area (Å²) in [6, 6.07) is 0. The quantitative estimate of drug-likeness (QED) is 0.409. The highest BCUT2D eigenvalue weighted by Gasteiger charge is 2.47. The van der Waals surface area contributed by atoms with E-state index < -0.39 is 74.9 Å². The highest BCUT2D eigenvalue weighted by molar-refractivity contribution is 4.82. The molecule has 0 aliphatic heterocycles. The van der Waals surface area contributed by atoms with E-state index in [1.54, 1.807) is 0 Å². The van der Waals surface area contributed by atoms with Crippen LogP contribution in [-0.4, -0.2) is 49.3 Å². The predicted molar refractivity (Wildman–Crippen MR) is 61.1 cm³/mol. The van der Waals surface area contributed by atoms with Gasteiger partial charge in [-0.05, 0) is 0 Å². The Labute approximate surface area is 142 Å². The Hall–Kier alpha value is -1.02. The minimum Gasteiger partial charge on any atom is -0.368 e. The molecule has 4 atom stereocenters. The van der Waals surface area contributed by atoms with Crippen molar-refractivity contribution in [2.24, 2.45) is 0 Å². The van der Waals surface area contributed by atoms with Gasteiger partial charge in [0, 0.05) is 0 Å². The van der Waals surface area contributed by atoms with E-state index in [9.17, 15) is 61.5 Å². The first kappa shape index (κ1) is 26.0. The van der Waals surface area contributed by atoms with Crippen LogP contribution in [0.15, 0.2) is 0 Å². The molecule has 0 aromatic heterocycles. The van der Waals surface area contributed by atoms with Gasteiger partial charge in [-0.15, -0.1) is 0 Å². The van der Waals surface area contributed by atoms with Crippen molar-refractivity contribution in [2.45, 2.75) is 74.9 Å². The summed E-state index contributed by atoms with van der Waals surface area (Å²) >= 11 is 0. The minimum absolute atomic E-state index is 2.56. The molecule has 0 N–H and O–H groups in total. The Morgan fingerprint density at radius 2 is 0.667 bits per heavy atom. The molecule has 0 aromatic rings. The van der Waals surface area contributed by atoms with Gasteiger partial charge in [0.05, 0.1) is 37.9 Å². The van der Waals surface area contributed by atoms with Crippen LogP contribution in [0.25, 0.3) is 0 Å². The topological polar surface area (TPSA) is 9.23 Å². The first-order valence-corrected chi connectivity index (χ1v) is 6.89. The third-order valence-corrected chi connectivity index (χ3v) is 2.87. The van der Waals surface area contributed by atoms with Gasteiger partial charge in [0.15, 0.2) is 0 Å². The first-order valence-electron chi connectivity index (χ1n) is 6.89. The molecule has 0 aliphatic carbocycles. The zero-order valence-electron chi connectivity index (χ0n) is 12.8. The van der Waals surface area contributed by atoms with Crippen LogP contribution in [0.1, 0.15) is 25.7 Å². The number of hydrogen-bond acceptors (Lipinski definition) is 1. The summed E-state index contributed by atoms with van der Waals surface area (Å²) in [6.45, 7) is 0. The van der Waals surface area contributed by atoms with Crippen molar-refractivity contribution in [3.63, 3.8) is 0 Å². The van der Waals surface area contributed by atoms with Crippen LogP contribution in [0.3, 0.4) is 0 Å². The van der Waals surface area contributed by atoms with E-state index >= 15 is 0 Å². The molecular weight excluding hydrogens is 426 g/mol. The summed E-state index contributed by atoms with van der Waals surface area (Å²) in [6.07, 6.45) is -45.7. The number of hydrogen-bond donors (Lipinski definition) is 0. The van der Waals surface area contributed by atoms with Gasteiger partial charge in [0.1, 0.15) is 12.3 Å². The largest absolute Gasteiger partial charge is 0.391 e. The van der Waals surface area contributed by atoms with Gasteiger partial charge in [0.25, 0.3) is 0 Å². The molecule has 4 unspecified atom stereocenters. The molecule has 1 nitrogen and oxygen atoms in total.